The summed E-state index contributed by atoms with van der Waals surface area (Å²) in [7, 11) is -4.21. The molecule has 9 nitrogen and oxygen atoms in total. The first-order chi connectivity index (χ1) is 10.8. The molecular formula is C13H9N3O6S. The lowest BCUT2D eigenvalue weighted by atomic mass is 10.2. The molecule has 0 radical (unpaired) electrons. The molecule has 0 aliphatic heterocycles. The normalized spacial score (nSPS) is 11.7. The Hall–Kier alpha value is -3.01. The lowest BCUT2D eigenvalue weighted by Crippen LogP contribution is -2.16. The van der Waals surface area contributed by atoms with E-state index >= 15 is 0 Å². The Labute approximate surface area is 129 Å². The third kappa shape index (κ3) is 2.38. The highest BCUT2D eigenvalue weighted by atomic mass is 32.2. The van der Waals surface area contributed by atoms with Crippen molar-refractivity contribution in [2.45, 2.75) is 11.8 Å². The fourth-order valence-corrected chi connectivity index (χ4v) is 3.64. The van der Waals surface area contributed by atoms with Gasteiger partial charge < -0.3 is 14.5 Å². The van der Waals surface area contributed by atoms with Crippen LogP contribution in [0.1, 0.15) is 5.82 Å². The van der Waals surface area contributed by atoms with Crippen molar-refractivity contribution in [2.24, 2.45) is 0 Å². The molecule has 0 aliphatic rings. The van der Waals surface area contributed by atoms with E-state index in [1.807, 2.05) is 0 Å². The molecule has 0 saturated heterocycles. The van der Waals surface area contributed by atoms with E-state index in [4.69, 9.17) is 4.42 Å². The van der Waals surface area contributed by atoms with Crippen LogP contribution in [-0.2, 0) is 10.0 Å². The molecule has 0 fully saturated rings. The highest BCUT2D eigenvalue weighted by Crippen LogP contribution is 2.25. The number of rotatable bonds is 3. The number of imidazole rings is 1. The molecule has 0 atom stereocenters. The van der Waals surface area contributed by atoms with Gasteiger partial charge in [-0.3, -0.25) is 0 Å². The number of nitro groups is 1. The minimum atomic E-state index is -4.21. The minimum absolute atomic E-state index is 0.0311. The molecule has 0 unspecified atom stereocenters. The fraction of sp³-hybridized carbons (Fsp3) is 0.0769. The molecule has 1 aromatic carbocycles. The first-order valence-electron chi connectivity index (χ1n) is 6.29. The van der Waals surface area contributed by atoms with Gasteiger partial charge in [-0.2, -0.15) is 8.42 Å². The molecular weight excluding hydrogens is 326 g/mol. The fourth-order valence-electron chi connectivity index (χ4n) is 2.16. The summed E-state index contributed by atoms with van der Waals surface area (Å²) < 4.78 is 30.8. The highest BCUT2D eigenvalue weighted by molar-refractivity contribution is 7.90. The number of hydrogen-bond acceptors (Lipinski definition) is 7. The standard InChI is InChI=1S/C13H9N3O6S/c1-8-14-7-12(16(18)19)15(8)23(20,21)10-3-4-11-9(6-10)2-5-13(17)22-11/h2-7H,1H3. The van der Waals surface area contributed by atoms with Crippen molar-refractivity contribution in [3.63, 3.8) is 0 Å². The quantitative estimate of drug-likeness (QED) is 0.403. The Morgan fingerprint density at radius 1 is 1.26 bits per heavy atom. The van der Waals surface area contributed by atoms with Crippen molar-refractivity contribution in [2.75, 3.05) is 0 Å². The molecule has 10 heteroatoms. The lowest BCUT2D eigenvalue weighted by molar-refractivity contribution is -0.390. The molecule has 0 aliphatic carbocycles. The topological polar surface area (TPSA) is 125 Å². The summed E-state index contributed by atoms with van der Waals surface area (Å²) in [6, 6.07) is 6.38. The lowest BCUT2D eigenvalue weighted by Gasteiger charge is -2.05. The molecule has 0 amide bonds. The van der Waals surface area contributed by atoms with E-state index < -0.39 is 26.4 Å². The zero-order chi connectivity index (χ0) is 16.8. The third-order valence-electron chi connectivity index (χ3n) is 3.18. The van der Waals surface area contributed by atoms with Crippen LogP contribution in [0.4, 0.5) is 5.82 Å². The van der Waals surface area contributed by atoms with Crippen molar-refractivity contribution >= 4 is 26.8 Å². The van der Waals surface area contributed by atoms with E-state index in [0.29, 0.717) is 9.36 Å². The van der Waals surface area contributed by atoms with Gasteiger partial charge in [0.25, 0.3) is 0 Å². The maximum absolute atomic E-state index is 12.7. The van der Waals surface area contributed by atoms with Crippen molar-refractivity contribution in [3.05, 3.63) is 62.9 Å². The van der Waals surface area contributed by atoms with E-state index in [0.717, 1.165) is 12.3 Å². The minimum Gasteiger partial charge on any atom is -0.423 e. The number of aryl methyl sites for hydroxylation is 1. The second-order valence-electron chi connectivity index (χ2n) is 4.64. The van der Waals surface area contributed by atoms with Crippen LogP contribution in [0.15, 0.2) is 50.6 Å². The molecule has 0 spiro atoms. The molecule has 2 heterocycles. The summed E-state index contributed by atoms with van der Waals surface area (Å²) in [6.45, 7) is 1.35. The van der Waals surface area contributed by atoms with Gasteiger partial charge >= 0.3 is 21.5 Å². The summed E-state index contributed by atoms with van der Waals surface area (Å²) >= 11 is 0. The summed E-state index contributed by atoms with van der Waals surface area (Å²) in [5.74, 6) is -0.682. The molecule has 2 aromatic heterocycles. The van der Waals surface area contributed by atoms with Gasteiger partial charge in [0.05, 0.1) is 0 Å². The van der Waals surface area contributed by atoms with Gasteiger partial charge in [0.2, 0.25) is 5.82 Å². The Morgan fingerprint density at radius 2 is 2.00 bits per heavy atom. The second kappa shape index (κ2) is 5.02. The van der Waals surface area contributed by atoms with Gasteiger partial charge in [0.1, 0.15) is 16.7 Å². The van der Waals surface area contributed by atoms with E-state index in [9.17, 15) is 23.3 Å². The van der Waals surface area contributed by atoms with Gasteiger partial charge in [-0.1, -0.05) is 3.97 Å². The number of benzene rings is 1. The predicted molar refractivity (Wildman–Crippen MR) is 78.7 cm³/mol. The number of fused-ring (bicyclic) bond motifs is 1. The van der Waals surface area contributed by atoms with Crippen LogP contribution < -0.4 is 5.63 Å². The molecule has 0 bridgehead atoms. The van der Waals surface area contributed by atoms with E-state index in [1.165, 1.54) is 31.2 Å². The molecule has 3 aromatic rings. The first-order valence-corrected chi connectivity index (χ1v) is 7.73. The number of nitrogens with zero attached hydrogens (tertiary/aromatic N) is 3. The molecule has 0 saturated carbocycles. The van der Waals surface area contributed by atoms with E-state index in [2.05, 4.69) is 4.98 Å². The summed E-state index contributed by atoms with van der Waals surface area (Å²) in [5.41, 5.74) is -0.345. The van der Waals surface area contributed by atoms with Crippen LogP contribution >= 0.6 is 0 Å². The monoisotopic (exact) mass is 335 g/mol. The maximum atomic E-state index is 12.7. The van der Waals surface area contributed by atoms with Gasteiger partial charge in [-0.05, 0) is 29.2 Å². The second-order valence-corrected chi connectivity index (χ2v) is 6.43. The van der Waals surface area contributed by atoms with Crippen molar-refractivity contribution in [1.82, 2.24) is 8.96 Å². The van der Waals surface area contributed by atoms with E-state index in [1.54, 1.807) is 0 Å². The van der Waals surface area contributed by atoms with Gasteiger partial charge in [-0.25, -0.2) is 9.78 Å². The number of hydrogen-bond donors (Lipinski definition) is 0. The molecule has 0 N–H and O–H groups in total. The van der Waals surface area contributed by atoms with Crippen molar-refractivity contribution < 1.29 is 17.8 Å². The summed E-state index contributed by atoms with van der Waals surface area (Å²) in [4.78, 5) is 24.8. The first kappa shape index (κ1) is 14.9. The van der Waals surface area contributed by atoms with Gasteiger partial charge in [-0.15, -0.1) is 0 Å². The zero-order valence-corrected chi connectivity index (χ0v) is 12.5. The Morgan fingerprint density at radius 3 is 2.70 bits per heavy atom. The SMILES string of the molecule is Cc1ncc([N+](=O)[O-])n1S(=O)(=O)c1ccc2oc(=O)ccc2c1. The largest absolute Gasteiger partial charge is 0.423 e. The predicted octanol–water partition coefficient (Wildman–Crippen LogP) is 1.44. The van der Waals surface area contributed by atoms with Gasteiger partial charge in [0, 0.05) is 18.4 Å². The summed E-state index contributed by atoms with van der Waals surface area (Å²) in [5, 5.41) is 11.4. The Kier molecular flexibility index (Phi) is 3.25. The van der Waals surface area contributed by atoms with Crippen LogP contribution in [0.25, 0.3) is 11.0 Å². The van der Waals surface area contributed by atoms with Crippen molar-refractivity contribution in [1.29, 1.82) is 0 Å². The third-order valence-corrected chi connectivity index (χ3v) is 4.97. The van der Waals surface area contributed by atoms with Crippen LogP contribution in [0.5, 0.6) is 0 Å². The van der Waals surface area contributed by atoms with E-state index in [-0.39, 0.29) is 16.3 Å². The average Bonchev–Trinajstić information content (AvgIpc) is 2.89. The molecule has 23 heavy (non-hydrogen) atoms. The smallest absolute Gasteiger partial charge is 0.358 e. The average molecular weight is 335 g/mol. The van der Waals surface area contributed by atoms with Crippen LogP contribution in [0.3, 0.4) is 0 Å². The molecule has 118 valence electrons. The van der Waals surface area contributed by atoms with Gasteiger partial charge in [0.15, 0.2) is 0 Å². The van der Waals surface area contributed by atoms with Crippen molar-refractivity contribution in [3.8, 4) is 0 Å². The van der Waals surface area contributed by atoms with Crippen LogP contribution in [0.2, 0.25) is 0 Å². The highest BCUT2D eigenvalue weighted by Gasteiger charge is 2.31. The zero-order valence-electron chi connectivity index (χ0n) is 11.7. The Balaban J connectivity index is 2.25. The summed E-state index contributed by atoms with van der Waals surface area (Å²) in [6.07, 6.45) is 0.882. The van der Waals surface area contributed by atoms with Crippen LogP contribution in [-0.4, -0.2) is 22.3 Å². The van der Waals surface area contributed by atoms with Crippen LogP contribution in [0, 0.1) is 17.0 Å². The molecule has 3 rings (SSSR count). The Bertz CT molecular complexity index is 1100. The number of aromatic nitrogens is 2. The maximum Gasteiger partial charge on any atom is 0.358 e.